The summed E-state index contributed by atoms with van der Waals surface area (Å²) < 4.78 is 6.29. The van der Waals surface area contributed by atoms with E-state index in [0.717, 1.165) is 15.2 Å². The van der Waals surface area contributed by atoms with Crippen LogP contribution in [0.25, 0.3) is 10.2 Å². The highest BCUT2D eigenvalue weighted by Crippen LogP contribution is 2.24. The summed E-state index contributed by atoms with van der Waals surface area (Å²) in [7, 11) is 1.52. The molecule has 0 unspecified atom stereocenters. The molecule has 0 aliphatic heterocycles. The number of amides is 1. The second kappa shape index (κ2) is 6.34. The molecule has 0 spiro atoms. The van der Waals surface area contributed by atoms with Crippen molar-refractivity contribution in [3.05, 3.63) is 58.1 Å². The molecule has 1 aromatic heterocycles. The fraction of sp³-hybridized carbons (Fsp3) is 0.125. The highest BCUT2D eigenvalue weighted by atomic mass is 35.5. The summed E-state index contributed by atoms with van der Waals surface area (Å²) in [6.07, 6.45) is 0. The Kier molecular flexibility index (Phi) is 4.27. The zero-order valence-corrected chi connectivity index (χ0v) is 13.4. The second-order valence-electron chi connectivity index (χ2n) is 4.60. The number of para-hydroxylation sites is 1. The van der Waals surface area contributed by atoms with Crippen LogP contribution in [0.2, 0.25) is 5.02 Å². The maximum absolute atomic E-state index is 12.3. The number of aromatic nitrogens is 1. The number of halogens is 1. The highest BCUT2D eigenvalue weighted by Gasteiger charge is 2.13. The van der Waals surface area contributed by atoms with Crippen molar-refractivity contribution in [2.45, 2.75) is 6.54 Å². The van der Waals surface area contributed by atoms with Crippen LogP contribution < -0.4 is 10.1 Å². The lowest BCUT2D eigenvalue weighted by atomic mass is 10.2. The lowest BCUT2D eigenvalue weighted by molar-refractivity contribution is 0.0948. The number of ether oxygens (including phenoxy) is 1. The first-order chi connectivity index (χ1) is 10.7. The number of carbonyl (C=O) groups excluding carboxylic acids is 1. The molecule has 2 aromatic carbocycles. The van der Waals surface area contributed by atoms with Gasteiger partial charge in [0, 0.05) is 5.02 Å². The van der Waals surface area contributed by atoms with E-state index in [0.29, 0.717) is 22.9 Å². The van der Waals surface area contributed by atoms with Gasteiger partial charge in [0.25, 0.3) is 5.91 Å². The van der Waals surface area contributed by atoms with Gasteiger partial charge >= 0.3 is 0 Å². The third-order valence-electron chi connectivity index (χ3n) is 3.14. The summed E-state index contributed by atoms with van der Waals surface area (Å²) in [6, 6.07) is 12.8. The molecule has 6 heteroatoms. The Bertz CT molecular complexity index is 799. The molecule has 1 N–H and O–H groups in total. The number of thiazole rings is 1. The van der Waals surface area contributed by atoms with E-state index in [1.54, 1.807) is 29.5 Å². The number of methoxy groups -OCH3 is 1. The first-order valence-corrected chi connectivity index (χ1v) is 7.83. The zero-order valence-electron chi connectivity index (χ0n) is 11.8. The standard InChI is InChI=1S/C16H13ClN2O2S/c1-21-13-7-6-10(17)8-11(13)16(20)18-9-15-19-12-4-2-3-5-14(12)22-15/h2-8H,9H2,1H3,(H,18,20). The topological polar surface area (TPSA) is 51.2 Å². The Morgan fingerprint density at radius 1 is 1.32 bits per heavy atom. The Hall–Kier alpha value is -2.11. The van der Waals surface area contributed by atoms with Gasteiger partial charge in [0.15, 0.2) is 0 Å². The lowest BCUT2D eigenvalue weighted by Crippen LogP contribution is -2.23. The van der Waals surface area contributed by atoms with E-state index < -0.39 is 0 Å². The molecular formula is C16H13ClN2O2S. The first-order valence-electron chi connectivity index (χ1n) is 6.63. The van der Waals surface area contributed by atoms with Gasteiger partial charge < -0.3 is 10.1 Å². The number of rotatable bonds is 4. The summed E-state index contributed by atoms with van der Waals surface area (Å²) in [5, 5.41) is 4.20. The number of nitrogens with one attached hydrogen (secondary N) is 1. The molecule has 0 aliphatic carbocycles. The number of hydrogen-bond acceptors (Lipinski definition) is 4. The predicted molar refractivity (Wildman–Crippen MR) is 88.8 cm³/mol. The second-order valence-corrected chi connectivity index (χ2v) is 6.15. The Balaban J connectivity index is 1.76. The van der Waals surface area contributed by atoms with Crippen molar-refractivity contribution in [2.24, 2.45) is 0 Å². The van der Waals surface area contributed by atoms with Gasteiger partial charge in [-0.1, -0.05) is 23.7 Å². The monoisotopic (exact) mass is 332 g/mol. The van der Waals surface area contributed by atoms with Crippen LogP contribution in [0.15, 0.2) is 42.5 Å². The minimum absolute atomic E-state index is 0.237. The largest absolute Gasteiger partial charge is 0.496 e. The molecule has 0 atom stereocenters. The zero-order chi connectivity index (χ0) is 15.5. The quantitative estimate of drug-likeness (QED) is 0.788. The summed E-state index contributed by atoms with van der Waals surface area (Å²) in [5.41, 5.74) is 1.35. The van der Waals surface area contributed by atoms with Gasteiger partial charge in [-0.3, -0.25) is 4.79 Å². The van der Waals surface area contributed by atoms with Crippen LogP contribution >= 0.6 is 22.9 Å². The molecule has 0 radical (unpaired) electrons. The SMILES string of the molecule is COc1ccc(Cl)cc1C(=O)NCc1nc2ccccc2s1. The number of nitrogens with zero attached hydrogens (tertiary/aromatic N) is 1. The van der Waals surface area contributed by atoms with Crippen LogP contribution in [0, 0.1) is 0 Å². The van der Waals surface area contributed by atoms with E-state index in [9.17, 15) is 4.79 Å². The van der Waals surface area contributed by atoms with E-state index >= 15 is 0 Å². The maximum atomic E-state index is 12.3. The van der Waals surface area contributed by atoms with Crippen LogP contribution in [0.3, 0.4) is 0 Å². The minimum Gasteiger partial charge on any atom is -0.496 e. The lowest BCUT2D eigenvalue weighted by Gasteiger charge is -2.08. The third-order valence-corrected chi connectivity index (χ3v) is 4.42. The van der Waals surface area contributed by atoms with Gasteiger partial charge in [0.1, 0.15) is 10.8 Å². The van der Waals surface area contributed by atoms with Crippen LogP contribution in [0.5, 0.6) is 5.75 Å². The molecule has 0 saturated heterocycles. The van der Waals surface area contributed by atoms with Crippen LogP contribution in [0.4, 0.5) is 0 Å². The fourth-order valence-electron chi connectivity index (χ4n) is 2.10. The van der Waals surface area contributed by atoms with E-state index in [2.05, 4.69) is 10.3 Å². The van der Waals surface area contributed by atoms with Crippen molar-refractivity contribution < 1.29 is 9.53 Å². The van der Waals surface area contributed by atoms with E-state index in [-0.39, 0.29) is 5.91 Å². The Labute approximate surface area is 136 Å². The molecular weight excluding hydrogens is 320 g/mol. The number of fused-ring (bicyclic) bond motifs is 1. The van der Waals surface area contributed by atoms with Crippen molar-refractivity contribution in [2.75, 3.05) is 7.11 Å². The van der Waals surface area contributed by atoms with Gasteiger partial charge in [0.05, 0.1) is 29.4 Å². The highest BCUT2D eigenvalue weighted by molar-refractivity contribution is 7.18. The van der Waals surface area contributed by atoms with Gasteiger partial charge in [-0.05, 0) is 30.3 Å². The van der Waals surface area contributed by atoms with E-state index in [1.807, 2.05) is 24.3 Å². The van der Waals surface area contributed by atoms with Crippen LogP contribution in [-0.2, 0) is 6.54 Å². The van der Waals surface area contributed by atoms with Crippen molar-refractivity contribution in [1.29, 1.82) is 0 Å². The normalized spacial score (nSPS) is 10.6. The molecule has 0 saturated carbocycles. The number of benzene rings is 2. The average Bonchev–Trinajstić information content (AvgIpc) is 2.95. The van der Waals surface area contributed by atoms with Crippen LogP contribution in [0.1, 0.15) is 15.4 Å². The van der Waals surface area contributed by atoms with Crippen molar-refractivity contribution in [3.8, 4) is 5.75 Å². The molecule has 22 heavy (non-hydrogen) atoms. The molecule has 3 aromatic rings. The Morgan fingerprint density at radius 3 is 2.91 bits per heavy atom. The van der Waals surface area contributed by atoms with E-state index in [1.165, 1.54) is 7.11 Å². The van der Waals surface area contributed by atoms with Crippen molar-refractivity contribution in [3.63, 3.8) is 0 Å². The third kappa shape index (κ3) is 3.05. The Morgan fingerprint density at radius 2 is 2.14 bits per heavy atom. The van der Waals surface area contributed by atoms with Crippen LogP contribution in [-0.4, -0.2) is 18.0 Å². The summed E-state index contributed by atoms with van der Waals surface area (Å²) in [5.74, 6) is 0.254. The molecule has 3 rings (SSSR count). The smallest absolute Gasteiger partial charge is 0.255 e. The average molecular weight is 333 g/mol. The fourth-order valence-corrected chi connectivity index (χ4v) is 3.18. The maximum Gasteiger partial charge on any atom is 0.255 e. The van der Waals surface area contributed by atoms with Crippen molar-refractivity contribution in [1.82, 2.24) is 10.3 Å². The van der Waals surface area contributed by atoms with E-state index in [4.69, 9.17) is 16.3 Å². The molecule has 1 heterocycles. The number of hydrogen-bond donors (Lipinski definition) is 1. The minimum atomic E-state index is -0.237. The molecule has 0 aliphatic rings. The van der Waals surface area contributed by atoms with Gasteiger partial charge in [-0.2, -0.15) is 0 Å². The predicted octanol–water partition coefficient (Wildman–Crippen LogP) is 3.89. The molecule has 112 valence electrons. The summed E-state index contributed by atoms with van der Waals surface area (Å²) >= 11 is 7.51. The molecule has 1 amide bonds. The summed E-state index contributed by atoms with van der Waals surface area (Å²) in [4.78, 5) is 16.8. The first kappa shape index (κ1) is 14.8. The molecule has 4 nitrogen and oxygen atoms in total. The van der Waals surface area contributed by atoms with Gasteiger partial charge in [-0.25, -0.2) is 4.98 Å². The van der Waals surface area contributed by atoms with Gasteiger partial charge in [-0.15, -0.1) is 11.3 Å². The van der Waals surface area contributed by atoms with Crippen molar-refractivity contribution >= 4 is 39.1 Å². The van der Waals surface area contributed by atoms with Gasteiger partial charge in [0.2, 0.25) is 0 Å². The molecule has 0 fully saturated rings. The molecule has 0 bridgehead atoms. The summed E-state index contributed by atoms with van der Waals surface area (Å²) in [6.45, 7) is 0.369. The number of carbonyl (C=O) groups is 1.